The number of para-hydroxylation sites is 1. The number of H-pyrrole nitrogens is 1. The van der Waals surface area contributed by atoms with E-state index in [4.69, 9.17) is 0 Å². The van der Waals surface area contributed by atoms with Crippen LogP contribution in [-0.2, 0) is 35.8 Å². The smallest absolute Gasteiger partial charge is 0.243 e. The largest absolute Gasteiger partial charge is 0.358 e. The topological polar surface area (TPSA) is 53.2 Å². The number of hydrogen-bond donors (Lipinski definition) is 1. The second-order valence-electron chi connectivity index (χ2n) is 7.35. The average molecular weight is 366 g/mol. The van der Waals surface area contributed by atoms with Gasteiger partial charge < -0.3 is 4.98 Å². The molecule has 1 aliphatic heterocycles. The molecule has 0 amide bonds. The summed E-state index contributed by atoms with van der Waals surface area (Å²) in [6.45, 7) is 0.970. The number of aromatic nitrogens is 1. The Morgan fingerprint density at radius 3 is 2.62 bits per heavy atom. The lowest BCUT2D eigenvalue weighted by molar-refractivity contribution is 0.391. The number of benzene rings is 2. The second-order valence-corrected chi connectivity index (χ2v) is 9.29. The highest BCUT2D eigenvalue weighted by molar-refractivity contribution is 7.89. The third-order valence-corrected chi connectivity index (χ3v) is 7.65. The average Bonchev–Trinajstić information content (AvgIpc) is 3.05. The maximum absolute atomic E-state index is 13.3. The van der Waals surface area contributed by atoms with E-state index in [9.17, 15) is 8.42 Å². The van der Waals surface area contributed by atoms with Crippen molar-refractivity contribution in [2.24, 2.45) is 0 Å². The normalized spacial score (nSPS) is 17.8. The molecule has 0 radical (unpaired) electrons. The van der Waals surface area contributed by atoms with Crippen LogP contribution in [0, 0.1) is 0 Å². The number of aryl methyl sites for hydroxylation is 2. The number of rotatable bonds is 2. The van der Waals surface area contributed by atoms with Crippen LogP contribution >= 0.6 is 0 Å². The highest BCUT2D eigenvalue weighted by atomic mass is 32.2. The quantitative estimate of drug-likeness (QED) is 0.750. The van der Waals surface area contributed by atoms with Crippen molar-refractivity contribution in [3.63, 3.8) is 0 Å². The molecule has 4 nitrogen and oxygen atoms in total. The predicted octanol–water partition coefficient (Wildman–Crippen LogP) is 3.79. The summed E-state index contributed by atoms with van der Waals surface area (Å²) in [5.74, 6) is 0. The van der Waals surface area contributed by atoms with Crippen molar-refractivity contribution in [1.82, 2.24) is 9.29 Å². The lowest BCUT2D eigenvalue weighted by atomic mass is 9.92. The molecule has 5 rings (SSSR count). The lowest BCUT2D eigenvalue weighted by Gasteiger charge is -2.27. The first-order chi connectivity index (χ1) is 12.6. The van der Waals surface area contributed by atoms with Gasteiger partial charge in [0.05, 0.1) is 4.90 Å². The molecule has 2 aromatic carbocycles. The molecule has 5 heteroatoms. The Morgan fingerprint density at radius 2 is 1.73 bits per heavy atom. The Kier molecular flexibility index (Phi) is 3.69. The number of aromatic amines is 1. The Balaban J connectivity index is 1.51. The molecule has 1 aromatic heterocycles. The Hall–Kier alpha value is -2.11. The first kappa shape index (κ1) is 16.1. The highest BCUT2D eigenvalue weighted by Crippen LogP contribution is 2.31. The lowest BCUT2D eigenvalue weighted by Crippen LogP contribution is -2.35. The third-order valence-electron chi connectivity index (χ3n) is 5.81. The van der Waals surface area contributed by atoms with Gasteiger partial charge in [0.2, 0.25) is 10.0 Å². The van der Waals surface area contributed by atoms with Crippen LogP contribution in [-0.4, -0.2) is 24.3 Å². The van der Waals surface area contributed by atoms with E-state index in [-0.39, 0.29) is 0 Å². The molecule has 0 bridgehead atoms. The molecule has 3 aromatic rings. The van der Waals surface area contributed by atoms with Gasteiger partial charge in [0, 0.05) is 36.1 Å². The highest BCUT2D eigenvalue weighted by Gasteiger charge is 2.30. The van der Waals surface area contributed by atoms with Crippen LogP contribution in [0.5, 0.6) is 0 Å². The van der Waals surface area contributed by atoms with Crippen LogP contribution in [0.25, 0.3) is 10.9 Å². The molecule has 0 spiro atoms. The van der Waals surface area contributed by atoms with E-state index in [0.29, 0.717) is 18.0 Å². The second kappa shape index (κ2) is 5.96. The van der Waals surface area contributed by atoms with Crippen LogP contribution in [0.4, 0.5) is 0 Å². The minimum Gasteiger partial charge on any atom is -0.358 e. The van der Waals surface area contributed by atoms with Gasteiger partial charge in [-0.1, -0.05) is 24.3 Å². The molecular weight excluding hydrogens is 344 g/mol. The molecule has 1 N–H and O–H groups in total. The predicted molar refractivity (Wildman–Crippen MR) is 103 cm³/mol. The van der Waals surface area contributed by atoms with Crippen molar-refractivity contribution in [3.8, 4) is 0 Å². The molecule has 26 heavy (non-hydrogen) atoms. The molecule has 2 heterocycles. The van der Waals surface area contributed by atoms with Crippen molar-refractivity contribution in [2.75, 3.05) is 6.54 Å². The van der Waals surface area contributed by atoms with Crippen LogP contribution in [0.3, 0.4) is 0 Å². The summed E-state index contributed by atoms with van der Waals surface area (Å²) < 4.78 is 28.2. The zero-order chi connectivity index (χ0) is 17.7. The molecule has 0 saturated heterocycles. The van der Waals surface area contributed by atoms with E-state index in [2.05, 4.69) is 17.1 Å². The summed E-state index contributed by atoms with van der Waals surface area (Å²) in [5.41, 5.74) is 5.90. The summed E-state index contributed by atoms with van der Waals surface area (Å²) in [4.78, 5) is 3.89. The minimum absolute atomic E-state index is 0.443. The fourth-order valence-corrected chi connectivity index (χ4v) is 5.83. The van der Waals surface area contributed by atoms with E-state index >= 15 is 0 Å². The number of fused-ring (bicyclic) bond motifs is 4. The molecule has 1 aliphatic carbocycles. The van der Waals surface area contributed by atoms with Crippen LogP contribution < -0.4 is 0 Å². The van der Waals surface area contributed by atoms with Gasteiger partial charge in [-0.15, -0.1) is 0 Å². The minimum atomic E-state index is -3.47. The van der Waals surface area contributed by atoms with E-state index in [1.165, 1.54) is 23.2 Å². The third kappa shape index (κ3) is 2.49. The summed E-state index contributed by atoms with van der Waals surface area (Å²) in [6, 6.07) is 13.9. The van der Waals surface area contributed by atoms with Gasteiger partial charge in [-0.05, 0) is 60.6 Å². The molecule has 0 fully saturated rings. The molecule has 2 aliphatic rings. The van der Waals surface area contributed by atoms with Crippen molar-refractivity contribution < 1.29 is 8.42 Å². The zero-order valence-electron chi connectivity index (χ0n) is 14.7. The van der Waals surface area contributed by atoms with Gasteiger partial charge in [0.15, 0.2) is 0 Å². The van der Waals surface area contributed by atoms with Crippen molar-refractivity contribution in [3.05, 3.63) is 64.8 Å². The molecular formula is C21H22N2O2S. The summed E-state index contributed by atoms with van der Waals surface area (Å²) >= 11 is 0. The van der Waals surface area contributed by atoms with E-state index < -0.39 is 10.0 Å². The number of nitrogens with one attached hydrogen (secondary N) is 1. The van der Waals surface area contributed by atoms with E-state index in [1.807, 2.05) is 24.3 Å². The van der Waals surface area contributed by atoms with Gasteiger partial charge in [0.25, 0.3) is 0 Å². The molecule has 0 saturated carbocycles. The number of nitrogens with zero attached hydrogens (tertiary/aromatic N) is 1. The van der Waals surface area contributed by atoms with Gasteiger partial charge >= 0.3 is 0 Å². The first-order valence-corrected chi connectivity index (χ1v) is 10.8. The Labute approximate surface area is 153 Å². The van der Waals surface area contributed by atoms with Crippen LogP contribution in [0.15, 0.2) is 47.4 Å². The fraction of sp³-hybridized carbons (Fsp3) is 0.333. The maximum atomic E-state index is 13.3. The summed E-state index contributed by atoms with van der Waals surface area (Å²) in [7, 11) is -3.47. The van der Waals surface area contributed by atoms with Gasteiger partial charge in [-0.3, -0.25) is 0 Å². The fourth-order valence-electron chi connectivity index (χ4n) is 4.37. The number of hydrogen-bond acceptors (Lipinski definition) is 2. The standard InChI is InChI=1S/C21H22N2O2S/c24-26(25,17-10-9-15-5-1-2-6-16(15)13-17)23-12-11-21-19(14-23)18-7-3-4-8-20(18)22-21/h3-4,7-10,13,22H,1-2,5-6,11-12,14H2. The zero-order valence-corrected chi connectivity index (χ0v) is 15.5. The van der Waals surface area contributed by atoms with Crippen LogP contribution in [0.2, 0.25) is 0 Å². The van der Waals surface area contributed by atoms with Crippen molar-refractivity contribution >= 4 is 20.9 Å². The number of sulfonamides is 1. The molecule has 134 valence electrons. The van der Waals surface area contributed by atoms with E-state index in [0.717, 1.165) is 42.1 Å². The summed E-state index contributed by atoms with van der Waals surface area (Å²) in [5, 5.41) is 1.13. The monoisotopic (exact) mass is 366 g/mol. The maximum Gasteiger partial charge on any atom is 0.243 e. The Morgan fingerprint density at radius 1 is 0.923 bits per heavy atom. The van der Waals surface area contributed by atoms with Gasteiger partial charge in [0.1, 0.15) is 0 Å². The van der Waals surface area contributed by atoms with Gasteiger partial charge in [-0.2, -0.15) is 4.31 Å². The van der Waals surface area contributed by atoms with E-state index in [1.54, 1.807) is 10.4 Å². The summed E-state index contributed by atoms with van der Waals surface area (Å²) in [6.07, 6.45) is 5.14. The SMILES string of the molecule is O=S(=O)(c1ccc2c(c1)CCCC2)N1CCc2[nH]c3ccccc3c2C1. The van der Waals surface area contributed by atoms with Gasteiger partial charge in [-0.25, -0.2) is 8.42 Å². The molecule has 0 atom stereocenters. The Bertz CT molecular complexity index is 1100. The first-order valence-electron chi connectivity index (χ1n) is 9.33. The van der Waals surface area contributed by atoms with Crippen molar-refractivity contribution in [2.45, 2.75) is 43.5 Å². The van der Waals surface area contributed by atoms with Crippen LogP contribution in [0.1, 0.15) is 35.2 Å². The molecule has 0 unspecified atom stereocenters. The van der Waals surface area contributed by atoms with Crippen molar-refractivity contribution in [1.29, 1.82) is 0 Å².